The third-order valence-electron chi connectivity index (χ3n) is 4.63. The Balaban J connectivity index is 1.56. The van der Waals surface area contributed by atoms with Crippen molar-refractivity contribution in [2.75, 3.05) is 17.7 Å². The third-order valence-corrected chi connectivity index (χ3v) is 5.65. The molecule has 3 aromatic rings. The van der Waals surface area contributed by atoms with Crippen LogP contribution >= 0.6 is 11.8 Å². The maximum absolute atomic E-state index is 12.4. The van der Waals surface area contributed by atoms with Crippen molar-refractivity contribution in [2.24, 2.45) is 7.05 Å². The normalized spacial score (nSPS) is 11.5. The number of amides is 2. The van der Waals surface area contributed by atoms with Gasteiger partial charge in [0.05, 0.1) is 24.0 Å². The molecule has 0 aliphatic heterocycles. The molecule has 1 atom stereocenters. The summed E-state index contributed by atoms with van der Waals surface area (Å²) in [5.74, 6) is -0.228. The van der Waals surface area contributed by atoms with Gasteiger partial charge >= 0.3 is 5.97 Å². The molecule has 2 aromatic carbocycles. The smallest absolute Gasteiger partial charge is 0.338 e. The van der Waals surface area contributed by atoms with Crippen LogP contribution in [0.3, 0.4) is 0 Å². The second kappa shape index (κ2) is 11.3. The van der Waals surface area contributed by atoms with Crippen LogP contribution in [0, 0.1) is 0 Å². The summed E-state index contributed by atoms with van der Waals surface area (Å²) in [4.78, 5) is 36.6. The van der Waals surface area contributed by atoms with Crippen molar-refractivity contribution < 1.29 is 19.1 Å². The first-order valence-electron chi connectivity index (χ1n) is 10.3. The van der Waals surface area contributed by atoms with Crippen LogP contribution in [0.4, 0.5) is 5.69 Å². The highest BCUT2D eigenvalue weighted by Crippen LogP contribution is 2.20. The third kappa shape index (κ3) is 6.42. The van der Waals surface area contributed by atoms with Gasteiger partial charge in [0.2, 0.25) is 5.91 Å². The van der Waals surface area contributed by atoms with Gasteiger partial charge in [-0.1, -0.05) is 36.0 Å². The molecule has 0 radical (unpaired) electrons. The molecule has 3 rings (SSSR count). The zero-order valence-corrected chi connectivity index (χ0v) is 19.4. The number of nitrogens with zero attached hydrogens (tertiary/aromatic N) is 3. The van der Waals surface area contributed by atoms with Gasteiger partial charge in [0, 0.05) is 18.3 Å². The summed E-state index contributed by atoms with van der Waals surface area (Å²) < 4.78 is 6.72. The highest BCUT2D eigenvalue weighted by molar-refractivity contribution is 7.99. The number of rotatable bonds is 9. The molecule has 0 fully saturated rings. The van der Waals surface area contributed by atoms with E-state index in [4.69, 9.17) is 4.74 Å². The van der Waals surface area contributed by atoms with Gasteiger partial charge in [-0.05, 0) is 44.2 Å². The van der Waals surface area contributed by atoms with Crippen molar-refractivity contribution >= 4 is 35.2 Å². The quantitative estimate of drug-likeness (QED) is 0.367. The molecule has 0 aliphatic rings. The molecule has 0 unspecified atom stereocenters. The Morgan fingerprint density at radius 3 is 2.52 bits per heavy atom. The van der Waals surface area contributed by atoms with E-state index in [-0.39, 0.29) is 30.2 Å². The van der Waals surface area contributed by atoms with Gasteiger partial charge in [0.25, 0.3) is 5.91 Å². The van der Waals surface area contributed by atoms with E-state index in [0.717, 1.165) is 0 Å². The molecule has 0 saturated carbocycles. The van der Waals surface area contributed by atoms with E-state index in [1.165, 1.54) is 11.8 Å². The number of thioether (sulfide) groups is 1. The lowest BCUT2D eigenvalue weighted by Gasteiger charge is -2.13. The lowest BCUT2D eigenvalue weighted by molar-refractivity contribution is -0.113. The fourth-order valence-electron chi connectivity index (χ4n) is 3.03. The number of nitrogens with one attached hydrogen (secondary N) is 2. The van der Waals surface area contributed by atoms with Crippen molar-refractivity contribution in [1.82, 2.24) is 20.1 Å². The summed E-state index contributed by atoms with van der Waals surface area (Å²) in [5, 5.41) is 14.5. The van der Waals surface area contributed by atoms with E-state index in [9.17, 15) is 14.4 Å². The van der Waals surface area contributed by atoms with Crippen LogP contribution in [-0.2, 0) is 16.6 Å². The molecule has 1 aromatic heterocycles. The minimum absolute atomic E-state index is 0.0976. The van der Waals surface area contributed by atoms with Crippen molar-refractivity contribution in [3.05, 3.63) is 71.5 Å². The number of esters is 1. The minimum atomic E-state index is -0.442. The summed E-state index contributed by atoms with van der Waals surface area (Å²) in [5.41, 5.74) is 1.43. The fourth-order valence-corrected chi connectivity index (χ4v) is 3.75. The molecule has 33 heavy (non-hydrogen) atoms. The van der Waals surface area contributed by atoms with E-state index >= 15 is 0 Å². The van der Waals surface area contributed by atoms with E-state index in [1.807, 2.05) is 13.0 Å². The molecule has 0 spiro atoms. The van der Waals surface area contributed by atoms with Crippen molar-refractivity contribution in [2.45, 2.75) is 25.0 Å². The second-order valence-electron chi connectivity index (χ2n) is 7.10. The number of hydrogen-bond acceptors (Lipinski definition) is 7. The maximum Gasteiger partial charge on any atom is 0.338 e. The Bertz CT molecular complexity index is 1130. The van der Waals surface area contributed by atoms with Crippen LogP contribution < -0.4 is 10.6 Å². The molecule has 0 aliphatic carbocycles. The summed E-state index contributed by atoms with van der Waals surface area (Å²) in [6, 6.07) is 15.1. The first-order chi connectivity index (χ1) is 15.9. The Morgan fingerprint density at radius 1 is 1.06 bits per heavy atom. The molecule has 10 heteroatoms. The molecule has 0 saturated heterocycles. The molecule has 2 N–H and O–H groups in total. The van der Waals surface area contributed by atoms with E-state index < -0.39 is 5.97 Å². The number of carbonyl (C=O) groups excluding carboxylic acids is 3. The van der Waals surface area contributed by atoms with E-state index in [1.54, 1.807) is 67.1 Å². The zero-order chi connectivity index (χ0) is 23.8. The van der Waals surface area contributed by atoms with Crippen LogP contribution in [0.15, 0.2) is 59.8 Å². The van der Waals surface area contributed by atoms with Gasteiger partial charge in [-0.3, -0.25) is 9.59 Å². The Hall–Kier alpha value is -3.66. The average molecular weight is 468 g/mol. The Labute approximate surface area is 195 Å². The Kier molecular flexibility index (Phi) is 8.20. The van der Waals surface area contributed by atoms with Crippen LogP contribution in [0.2, 0.25) is 0 Å². The van der Waals surface area contributed by atoms with Gasteiger partial charge in [0.1, 0.15) is 0 Å². The molecule has 1 heterocycles. The van der Waals surface area contributed by atoms with Crippen LogP contribution in [0.25, 0.3) is 0 Å². The standard InChI is InChI=1S/C23H25N5O4S/c1-4-32-22(31)17-11-8-12-18(13-17)25-19(29)14-33-23-27-26-20(28(23)3)15(2)24-21(30)16-9-6-5-7-10-16/h5-13,15H,4,14H2,1-3H3,(H,24,30)(H,25,29)/t15-/m0/s1. The summed E-state index contributed by atoms with van der Waals surface area (Å²) in [6.45, 7) is 3.83. The number of anilines is 1. The summed E-state index contributed by atoms with van der Waals surface area (Å²) >= 11 is 1.22. The monoisotopic (exact) mass is 467 g/mol. The van der Waals surface area contributed by atoms with Crippen molar-refractivity contribution in [1.29, 1.82) is 0 Å². The summed E-state index contributed by atoms with van der Waals surface area (Å²) in [7, 11) is 1.78. The van der Waals surface area contributed by atoms with Crippen LogP contribution in [0.5, 0.6) is 0 Å². The predicted octanol–water partition coefficient (Wildman–Crippen LogP) is 3.21. The minimum Gasteiger partial charge on any atom is -0.462 e. The highest BCUT2D eigenvalue weighted by Gasteiger charge is 2.19. The van der Waals surface area contributed by atoms with Gasteiger partial charge in [-0.2, -0.15) is 0 Å². The van der Waals surface area contributed by atoms with Gasteiger partial charge in [0.15, 0.2) is 11.0 Å². The molecular weight excluding hydrogens is 442 g/mol. The number of benzene rings is 2. The van der Waals surface area contributed by atoms with Crippen molar-refractivity contribution in [3.8, 4) is 0 Å². The Morgan fingerprint density at radius 2 is 1.79 bits per heavy atom. The van der Waals surface area contributed by atoms with E-state index in [2.05, 4.69) is 20.8 Å². The predicted molar refractivity (Wildman–Crippen MR) is 125 cm³/mol. The molecule has 2 amide bonds. The highest BCUT2D eigenvalue weighted by atomic mass is 32.2. The van der Waals surface area contributed by atoms with Gasteiger partial charge in [-0.25, -0.2) is 4.79 Å². The van der Waals surface area contributed by atoms with Gasteiger partial charge < -0.3 is 19.9 Å². The van der Waals surface area contributed by atoms with Gasteiger partial charge in [-0.15, -0.1) is 10.2 Å². The number of aromatic nitrogens is 3. The SMILES string of the molecule is CCOC(=O)c1cccc(NC(=O)CSc2nnc([C@H](C)NC(=O)c3ccccc3)n2C)c1. The van der Waals surface area contributed by atoms with Crippen LogP contribution in [-0.4, -0.2) is 44.9 Å². The number of carbonyl (C=O) groups is 3. The largest absolute Gasteiger partial charge is 0.462 e. The summed E-state index contributed by atoms with van der Waals surface area (Å²) in [6.07, 6.45) is 0. The average Bonchev–Trinajstić information content (AvgIpc) is 3.19. The molecular formula is C23H25N5O4S. The van der Waals surface area contributed by atoms with Crippen molar-refractivity contribution in [3.63, 3.8) is 0 Å². The zero-order valence-electron chi connectivity index (χ0n) is 18.6. The lowest BCUT2D eigenvalue weighted by Crippen LogP contribution is -2.28. The van der Waals surface area contributed by atoms with E-state index in [0.29, 0.717) is 27.8 Å². The molecule has 0 bridgehead atoms. The number of hydrogen-bond donors (Lipinski definition) is 2. The molecule has 9 nitrogen and oxygen atoms in total. The first kappa shape index (κ1) is 24.0. The molecule has 172 valence electrons. The lowest BCUT2D eigenvalue weighted by atomic mass is 10.2. The topological polar surface area (TPSA) is 115 Å². The fraction of sp³-hybridized carbons (Fsp3) is 0.261. The maximum atomic E-state index is 12.4. The van der Waals surface area contributed by atoms with Crippen LogP contribution in [0.1, 0.15) is 46.4 Å². The second-order valence-corrected chi connectivity index (χ2v) is 8.04. The first-order valence-corrected chi connectivity index (χ1v) is 11.3. The number of ether oxygens (including phenoxy) is 1.